The summed E-state index contributed by atoms with van der Waals surface area (Å²) in [4.78, 5) is 14.5. The molecule has 0 fully saturated rings. The van der Waals surface area contributed by atoms with E-state index in [1.807, 2.05) is 24.6 Å². The Morgan fingerprint density at radius 2 is 2.40 bits per heavy atom. The SMILES string of the molecule is CCCCN(C)C(=O)C(N)c1cccs1. The fraction of sp³-hybridized carbons (Fsp3) is 0.545. The maximum atomic E-state index is 11.9. The van der Waals surface area contributed by atoms with Gasteiger partial charge in [0.1, 0.15) is 6.04 Å². The van der Waals surface area contributed by atoms with Crippen molar-refractivity contribution in [2.45, 2.75) is 25.8 Å². The van der Waals surface area contributed by atoms with E-state index in [1.165, 1.54) is 11.3 Å². The molecule has 0 saturated carbocycles. The van der Waals surface area contributed by atoms with Gasteiger partial charge in [-0.25, -0.2) is 0 Å². The zero-order valence-electron chi connectivity index (χ0n) is 9.27. The second-order valence-corrected chi connectivity index (χ2v) is 4.59. The molecule has 1 amide bonds. The van der Waals surface area contributed by atoms with Crippen LogP contribution >= 0.6 is 11.3 Å². The first-order chi connectivity index (χ1) is 7.16. The van der Waals surface area contributed by atoms with Crippen molar-refractivity contribution in [1.82, 2.24) is 4.90 Å². The molecular weight excluding hydrogens is 208 g/mol. The average molecular weight is 226 g/mol. The summed E-state index contributed by atoms with van der Waals surface area (Å²) < 4.78 is 0. The van der Waals surface area contributed by atoms with E-state index >= 15 is 0 Å². The van der Waals surface area contributed by atoms with Crippen LogP contribution in [-0.4, -0.2) is 24.4 Å². The molecule has 1 rings (SSSR count). The van der Waals surface area contributed by atoms with E-state index in [2.05, 4.69) is 6.92 Å². The molecule has 0 spiro atoms. The quantitative estimate of drug-likeness (QED) is 0.834. The highest BCUT2D eigenvalue weighted by Crippen LogP contribution is 2.18. The number of unbranched alkanes of at least 4 members (excludes halogenated alkanes) is 1. The topological polar surface area (TPSA) is 46.3 Å². The van der Waals surface area contributed by atoms with Gasteiger partial charge in [-0.3, -0.25) is 4.79 Å². The van der Waals surface area contributed by atoms with Crippen LogP contribution in [0.3, 0.4) is 0 Å². The largest absolute Gasteiger partial charge is 0.344 e. The highest BCUT2D eigenvalue weighted by Gasteiger charge is 2.19. The van der Waals surface area contributed by atoms with E-state index in [4.69, 9.17) is 5.73 Å². The van der Waals surface area contributed by atoms with Crippen LogP contribution in [0.15, 0.2) is 17.5 Å². The first-order valence-corrected chi connectivity index (χ1v) is 6.08. The molecule has 1 atom stereocenters. The van der Waals surface area contributed by atoms with Gasteiger partial charge in [0.15, 0.2) is 0 Å². The summed E-state index contributed by atoms with van der Waals surface area (Å²) in [6, 6.07) is 3.33. The fourth-order valence-electron chi connectivity index (χ4n) is 1.33. The van der Waals surface area contributed by atoms with Gasteiger partial charge in [-0.1, -0.05) is 19.4 Å². The number of carbonyl (C=O) groups excluding carboxylic acids is 1. The molecule has 1 aromatic rings. The molecule has 0 radical (unpaired) electrons. The van der Waals surface area contributed by atoms with Crippen LogP contribution in [0.4, 0.5) is 0 Å². The Bertz CT molecular complexity index is 298. The van der Waals surface area contributed by atoms with Crippen molar-refractivity contribution in [3.8, 4) is 0 Å². The molecule has 4 heteroatoms. The Labute approximate surface area is 94.9 Å². The van der Waals surface area contributed by atoms with Crippen LogP contribution in [0.25, 0.3) is 0 Å². The summed E-state index contributed by atoms with van der Waals surface area (Å²) >= 11 is 1.53. The van der Waals surface area contributed by atoms with Gasteiger partial charge in [-0.05, 0) is 17.9 Å². The summed E-state index contributed by atoms with van der Waals surface area (Å²) in [7, 11) is 1.81. The highest BCUT2D eigenvalue weighted by molar-refractivity contribution is 7.10. The van der Waals surface area contributed by atoms with Crippen molar-refractivity contribution >= 4 is 17.2 Å². The lowest BCUT2D eigenvalue weighted by Crippen LogP contribution is -2.36. The first-order valence-electron chi connectivity index (χ1n) is 5.20. The van der Waals surface area contributed by atoms with Crippen molar-refractivity contribution in [3.63, 3.8) is 0 Å². The van der Waals surface area contributed by atoms with Crippen LogP contribution in [0.5, 0.6) is 0 Å². The number of likely N-dealkylation sites (N-methyl/N-ethyl adjacent to an activating group) is 1. The molecule has 0 bridgehead atoms. The minimum atomic E-state index is -0.494. The molecule has 15 heavy (non-hydrogen) atoms. The Balaban J connectivity index is 2.52. The van der Waals surface area contributed by atoms with E-state index in [0.29, 0.717) is 0 Å². The third-order valence-electron chi connectivity index (χ3n) is 2.34. The predicted molar refractivity (Wildman–Crippen MR) is 63.8 cm³/mol. The summed E-state index contributed by atoms with van der Waals surface area (Å²) in [5.74, 6) is 0.00546. The second-order valence-electron chi connectivity index (χ2n) is 3.61. The normalized spacial score (nSPS) is 12.5. The maximum Gasteiger partial charge on any atom is 0.244 e. The van der Waals surface area contributed by atoms with Gasteiger partial charge in [0.2, 0.25) is 5.91 Å². The van der Waals surface area contributed by atoms with Crippen LogP contribution in [0, 0.1) is 0 Å². The molecule has 0 saturated heterocycles. The van der Waals surface area contributed by atoms with Crippen LogP contribution < -0.4 is 5.73 Å². The maximum absolute atomic E-state index is 11.9. The van der Waals surface area contributed by atoms with Crippen LogP contribution in [-0.2, 0) is 4.79 Å². The summed E-state index contributed by atoms with van der Waals surface area (Å²) in [6.45, 7) is 2.89. The number of nitrogens with two attached hydrogens (primary N) is 1. The van der Waals surface area contributed by atoms with Crippen molar-refractivity contribution in [2.75, 3.05) is 13.6 Å². The van der Waals surface area contributed by atoms with Gasteiger partial charge in [0.05, 0.1) is 0 Å². The highest BCUT2D eigenvalue weighted by atomic mass is 32.1. The first kappa shape index (κ1) is 12.2. The average Bonchev–Trinajstić information content (AvgIpc) is 2.77. The van der Waals surface area contributed by atoms with Gasteiger partial charge < -0.3 is 10.6 Å². The van der Waals surface area contributed by atoms with Gasteiger partial charge in [0, 0.05) is 18.5 Å². The molecule has 1 heterocycles. The lowest BCUT2D eigenvalue weighted by molar-refractivity contribution is -0.131. The predicted octanol–water partition coefficient (Wildman–Crippen LogP) is 2.01. The van der Waals surface area contributed by atoms with E-state index in [9.17, 15) is 4.79 Å². The Morgan fingerprint density at radius 3 is 2.93 bits per heavy atom. The number of carbonyl (C=O) groups is 1. The van der Waals surface area contributed by atoms with Gasteiger partial charge >= 0.3 is 0 Å². The van der Waals surface area contributed by atoms with E-state index in [0.717, 1.165) is 24.3 Å². The Hall–Kier alpha value is -0.870. The van der Waals surface area contributed by atoms with Gasteiger partial charge in [-0.15, -0.1) is 11.3 Å². The van der Waals surface area contributed by atoms with Crippen molar-refractivity contribution in [1.29, 1.82) is 0 Å². The van der Waals surface area contributed by atoms with E-state index in [-0.39, 0.29) is 5.91 Å². The third-order valence-corrected chi connectivity index (χ3v) is 3.29. The smallest absolute Gasteiger partial charge is 0.244 e. The fourth-order valence-corrected chi connectivity index (χ4v) is 2.05. The number of hydrogen-bond donors (Lipinski definition) is 1. The molecule has 0 aromatic carbocycles. The molecular formula is C11H18N2OS. The lowest BCUT2D eigenvalue weighted by atomic mass is 10.2. The molecule has 2 N–H and O–H groups in total. The standard InChI is InChI=1S/C11H18N2OS/c1-3-4-7-13(2)11(14)10(12)9-6-5-8-15-9/h5-6,8,10H,3-4,7,12H2,1-2H3. The number of hydrogen-bond acceptors (Lipinski definition) is 3. The molecule has 1 unspecified atom stereocenters. The van der Waals surface area contributed by atoms with E-state index < -0.39 is 6.04 Å². The van der Waals surface area contributed by atoms with Crippen LogP contribution in [0.2, 0.25) is 0 Å². The van der Waals surface area contributed by atoms with Crippen LogP contribution in [0.1, 0.15) is 30.7 Å². The number of thiophene rings is 1. The van der Waals surface area contributed by atoms with Crippen molar-refractivity contribution in [2.24, 2.45) is 5.73 Å². The lowest BCUT2D eigenvalue weighted by Gasteiger charge is -2.20. The summed E-state index contributed by atoms with van der Waals surface area (Å²) in [5, 5.41) is 1.94. The summed E-state index contributed by atoms with van der Waals surface area (Å²) in [6.07, 6.45) is 2.12. The number of amides is 1. The molecule has 3 nitrogen and oxygen atoms in total. The molecule has 0 aliphatic carbocycles. The number of nitrogens with zero attached hydrogens (tertiary/aromatic N) is 1. The van der Waals surface area contributed by atoms with Crippen molar-refractivity contribution in [3.05, 3.63) is 22.4 Å². The number of rotatable bonds is 5. The minimum Gasteiger partial charge on any atom is -0.344 e. The minimum absolute atomic E-state index is 0.00546. The molecule has 84 valence electrons. The van der Waals surface area contributed by atoms with E-state index in [1.54, 1.807) is 4.90 Å². The third kappa shape index (κ3) is 3.32. The summed E-state index contributed by atoms with van der Waals surface area (Å²) in [5.41, 5.74) is 5.87. The second kappa shape index (κ2) is 5.88. The zero-order chi connectivity index (χ0) is 11.3. The molecule has 0 aliphatic rings. The zero-order valence-corrected chi connectivity index (χ0v) is 10.1. The van der Waals surface area contributed by atoms with Gasteiger partial charge in [-0.2, -0.15) is 0 Å². The monoisotopic (exact) mass is 226 g/mol. The molecule has 1 aromatic heterocycles. The Morgan fingerprint density at radius 1 is 1.67 bits per heavy atom. The van der Waals surface area contributed by atoms with Gasteiger partial charge in [0.25, 0.3) is 0 Å². The molecule has 0 aliphatic heterocycles. The van der Waals surface area contributed by atoms with Crippen molar-refractivity contribution < 1.29 is 4.79 Å². The Kier molecular flexibility index (Phi) is 4.78.